The van der Waals surface area contributed by atoms with E-state index in [-0.39, 0.29) is 5.54 Å². The molecule has 18 heavy (non-hydrogen) atoms. The smallest absolute Gasteiger partial charge is 0.131 e. The van der Waals surface area contributed by atoms with Crippen molar-refractivity contribution in [1.29, 1.82) is 0 Å². The molecule has 1 rings (SSSR count). The maximum atomic E-state index is 4.24. The summed E-state index contributed by atoms with van der Waals surface area (Å²) in [7, 11) is 1.94. The Morgan fingerprint density at radius 3 is 2.50 bits per heavy atom. The number of nitrogens with one attached hydrogen (secondary N) is 3. The van der Waals surface area contributed by atoms with Gasteiger partial charge >= 0.3 is 0 Å². The van der Waals surface area contributed by atoms with Gasteiger partial charge in [-0.15, -0.1) is 0 Å². The van der Waals surface area contributed by atoms with Gasteiger partial charge in [0.05, 0.1) is 0 Å². The second kappa shape index (κ2) is 6.54. The van der Waals surface area contributed by atoms with Crippen molar-refractivity contribution in [2.24, 2.45) is 5.92 Å². The Balaban J connectivity index is 2.64. The average molecular weight is 251 g/mol. The lowest BCUT2D eigenvalue weighted by molar-refractivity contribution is 0.528. The molecule has 0 spiro atoms. The first-order valence-corrected chi connectivity index (χ1v) is 6.41. The zero-order valence-corrected chi connectivity index (χ0v) is 12.0. The molecule has 0 aliphatic carbocycles. The van der Waals surface area contributed by atoms with Crippen LogP contribution in [0, 0.1) is 5.92 Å². The average Bonchev–Trinajstić information content (AvgIpc) is 2.26. The van der Waals surface area contributed by atoms with E-state index in [2.05, 4.69) is 53.6 Å². The fourth-order valence-corrected chi connectivity index (χ4v) is 1.66. The Kier molecular flexibility index (Phi) is 5.34. The molecule has 0 radical (unpaired) electrons. The third-order valence-electron chi connectivity index (χ3n) is 2.44. The second-order valence-electron chi connectivity index (χ2n) is 5.60. The van der Waals surface area contributed by atoms with Crippen LogP contribution in [0.4, 0.5) is 11.6 Å². The van der Waals surface area contributed by atoms with Crippen LogP contribution in [0.15, 0.2) is 12.4 Å². The zero-order valence-electron chi connectivity index (χ0n) is 12.0. The van der Waals surface area contributed by atoms with Crippen molar-refractivity contribution in [3.05, 3.63) is 12.4 Å². The van der Waals surface area contributed by atoms with Crippen molar-refractivity contribution in [3.8, 4) is 0 Å². The van der Waals surface area contributed by atoms with Crippen LogP contribution in [0.25, 0.3) is 0 Å². The minimum absolute atomic E-state index is 0.0432. The monoisotopic (exact) mass is 251 g/mol. The molecule has 1 aromatic heterocycles. The lowest BCUT2D eigenvalue weighted by atomic mass is 10.1. The molecule has 0 saturated carbocycles. The van der Waals surface area contributed by atoms with Crippen LogP contribution in [-0.2, 0) is 0 Å². The van der Waals surface area contributed by atoms with E-state index in [4.69, 9.17) is 0 Å². The highest BCUT2D eigenvalue weighted by Crippen LogP contribution is 2.14. The summed E-state index contributed by atoms with van der Waals surface area (Å²) >= 11 is 0. The van der Waals surface area contributed by atoms with Crippen molar-refractivity contribution < 1.29 is 0 Å². The number of nitrogens with zero attached hydrogens (tertiary/aromatic N) is 2. The molecule has 0 bridgehead atoms. The van der Waals surface area contributed by atoms with E-state index in [1.54, 1.807) is 6.33 Å². The number of likely N-dealkylation sites (N-methyl/N-ethyl adjacent to an activating group) is 1. The molecule has 102 valence electrons. The van der Waals surface area contributed by atoms with Crippen molar-refractivity contribution in [3.63, 3.8) is 0 Å². The third kappa shape index (κ3) is 5.31. The topological polar surface area (TPSA) is 61.9 Å². The summed E-state index contributed by atoms with van der Waals surface area (Å²) in [6, 6.07) is 1.94. The lowest BCUT2D eigenvalue weighted by Crippen LogP contribution is -2.40. The zero-order chi connectivity index (χ0) is 13.6. The Labute approximate surface area is 110 Å². The third-order valence-corrected chi connectivity index (χ3v) is 2.44. The molecule has 0 aromatic carbocycles. The molecule has 5 heteroatoms. The minimum atomic E-state index is -0.0432. The summed E-state index contributed by atoms with van der Waals surface area (Å²) in [6.07, 6.45) is 1.58. The van der Waals surface area contributed by atoms with E-state index in [9.17, 15) is 0 Å². The molecule has 0 aliphatic heterocycles. The number of hydrogen-bond acceptors (Lipinski definition) is 5. The first-order chi connectivity index (χ1) is 8.43. The lowest BCUT2D eigenvalue weighted by Gasteiger charge is -2.26. The van der Waals surface area contributed by atoms with E-state index in [0.29, 0.717) is 5.92 Å². The number of rotatable bonds is 7. The van der Waals surface area contributed by atoms with Gasteiger partial charge in [0.1, 0.15) is 18.0 Å². The van der Waals surface area contributed by atoms with Gasteiger partial charge in [-0.3, -0.25) is 0 Å². The molecule has 0 saturated heterocycles. The molecule has 0 atom stereocenters. The Morgan fingerprint density at radius 2 is 1.89 bits per heavy atom. The van der Waals surface area contributed by atoms with Crippen LogP contribution in [0.3, 0.4) is 0 Å². The van der Waals surface area contributed by atoms with Crippen LogP contribution in [0.5, 0.6) is 0 Å². The fourth-order valence-electron chi connectivity index (χ4n) is 1.66. The molecule has 1 aromatic rings. The van der Waals surface area contributed by atoms with Crippen LogP contribution in [0.1, 0.15) is 27.7 Å². The predicted molar refractivity (Wildman–Crippen MR) is 77.0 cm³/mol. The van der Waals surface area contributed by atoms with Crippen LogP contribution >= 0.6 is 0 Å². The van der Waals surface area contributed by atoms with Crippen LogP contribution in [-0.4, -0.2) is 35.6 Å². The molecule has 5 nitrogen and oxygen atoms in total. The molecule has 0 unspecified atom stereocenters. The summed E-state index contributed by atoms with van der Waals surface area (Å²) in [5.41, 5.74) is -0.0432. The predicted octanol–water partition coefficient (Wildman–Crippen LogP) is 1.95. The largest absolute Gasteiger partial charge is 0.370 e. The quantitative estimate of drug-likeness (QED) is 0.691. The summed E-state index contributed by atoms with van der Waals surface area (Å²) in [5, 5.41) is 9.85. The van der Waals surface area contributed by atoms with Gasteiger partial charge in [-0.2, -0.15) is 0 Å². The van der Waals surface area contributed by atoms with Gasteiger partial charge in [0.2, 0.25) is 0 Å². The highest BCUT2D eigenvalue weighted by atomic mass is 15.1. The van der Waals surface area contributed by atoms with E-state index in [1.807, 2.05) is 13.1 Å². The van der Waals surface area contributed by atoms with Gasteiger partial charge in [0.25, 0.3) is 0 Å². The molecule has 0 fully saturated rings. The van der Waals surface area contributed by atoms with Gasteiger partial charge < -0.3 is 16.0 Å². The Morgan fingerprint density at radius 1 is 1.22 bits per heavy atom. The molecular weight excluding hydrogens is 226 g/mol. The van der Waals surface area contributed by atoms with Gasteiger partial charge in [0.15, 0.2) is 0 Å². The summed E-state index contributed by atoms with van der Waals surface area (Å²) in [6.45, 7) is 10.4. The molecule has 0 aliphatic rings. The van der Waals surface area contributed by atoms with Crippen LogP contribution < -0.4 is 16.0 Å². The number of anilines is 2. The van der Waals surface area contributed by atoms with Gasteiger partial charge in [-0.1, -0.05) is 13.8 Å². The van der Waals surface area contributed by atoms with Gasteiger partial charge in [-0.05, 0) is 26.8 Å². The Hall–Kier alpha value is -1.36. The highest BCUT2D eigenvalue weighted by Gasteiger charge is 2.16. The summed E-state index contributed by atoms with van der Waals surface area (Å²) < 4.78 is 0. The van der Waals surface area contributed by atoms with Gasteiger partial charge in [-0.25, -0.2) is 9.97 Å². The minimum Gasteiger partial charge on any atom is -0.370 e. The second-order valence-corrected chi connectivity index (χ2v) is 5.60. The first kappa shape index (κ1) is 14.7. The fraction of sp³-hybridized carbons (Fsp3) is 0.692. The van der Waals surface area contributed by atoms with E-state index in [1.165, 1.54) is 0 Å². The highest BCUT2D eigenvalue weighted by molar-refractivity contribution is 5.47. The molecule has 1 heterocycles. The first-order valence-electron chi connectivity index (χ1n) is 6.41. The molecular formula is C13H25N5. The maximum absolute atomic E-state index is 4.24. The van der Waals surface area contributed by atoms with Crippen molar-refractivity contribution in [2.45, 2.75) is 33.2 Å². The van der Waals surface area contributed by atoms with E-state index < -0.39 is 0 Å². The van der Waals surface area contributed by atoms with Crippen molar-refractivity contribution in [1.82, 2.24) is 15.3 Å². The van der Waals surface area contributed by atoms with E-state index in [0.717, 1.165) is 24.7 Å². The molecule has 0 amide bonds. The van der Waals surface area contributed by atoms with Crippen molar-refractivity contribution in [2.75, 3.05) is 30.8 Å². The van der Waals surface area contributed by atoms with Gasteiger partial charge in [0, 0.05) is 24.7 Å². The standard InChI is InChI=1S/C13H25N5/c1-10(2)7-15-11-6-12(17-9-16-11)18-13(3,4)8-14-5/h6,9-10,14H,7-8H2,1-5H3,(H2,15,16,17,18). The van der Waals surface area contributed by atoms with E-state index >= 15 is 0 Å². The number of hydrogen-bond donors (Lipinski definition) is 3. The summed E-state index contributed by atoms with van der Waals surface area (Å²) in [4.78, 5) is 8.45. The van der Waals surface area contributed by atoms with Crippen molar-refractivity contribution >= 4 is 11.6 Å². The maximum Gasteiger partial charge on any atom is 0.131 e. The number of aromatic nitrogens is 2. The normalized spacial score (nSPS) is 11.7. The Bertz CT molecular complexity index is 362. The molecule has 3 N–H and O–H groups in total. The van der Waals surface area contributed by atoms with Crippen LogP contribution in [0.2, 0.25) is 0 Å². The summed E-state index contributed by atoms with van der Waals surface area (Å²) in [5.74, 6) is 2.30. The SMILES string of the molecule is CNCC(C)(C)Nc1cc(NCC(C)C)ncn1.